The Morgan fingerprint density at radius 2 is 1.92 bits per heavy atom. The summed E-state index contributed by atoms with van der Waals surface area (Å²) < 4.78 is 0. The number of nitriles is 1. The van der Waals surface area contributed by atoms with Crippen molar-refractivity contribution < 1.29 is 14.4 Å². The molecule has 1 aliphatic carbocycles. The van der Waals surface area contributed by atoms with Crippen LogP contribution in [0.25, 0.3) is 0 Å². The van der Waals surface area contributed by atoms with Gasteiger partial charge in [0.05, 0.1) is 12.5 Å². The topological polar surface area (TPSA) is 102 Å². The van der Waals surface area contributed by atoms with Crippen LogP contribution in [0.15, 0.2) is 24.3 Å². The summed E-state index contributed by atoms with van der Waals surface area (Å²) in [5.41, 5.74) is 0.619. The molecule has 7 heteroatoms. The van der Waals surface area contributed by atoms with E-state index in [4.69, 9.17) is 5.26 Å². The van der Waals surface area contributed by atoms with Gasteiger partial charge in [-0.2, -0.15) is 5.26 Å². The van der Waals surface area contributed by atoms with Gasteiger partial charge in [-0.1, -0.05) is 25.0 Å². The highest BCUT2D eigenvalue weighted by atomic mass is 16.2. The lowest BCUT2D eigenvalue weighted by atomic mass is 9.98. The fourth-order valence-corrected chi connectivity index (χ4v) is 3.28. The molecule has 1 spiro atoms. The van der Waals surface area contributed by atoms with Gasteiger partial charge in [0.1, 0.15) is 12.1 Å². The van der Waals surface area contributed by atoms with E-state index in [1.165, 1.54) is 0 Å². The minimum absolute atomic E-state index is 0.299. The van der Waals surface area contributed by atoms with Crippen LogP contribution in [-0.4, -0.2) is 34.8 Å². The van der Waals surface area contributed by atoms with Gasteiger partial charge in [-0.05, 0) is 30.5 Å². The largest absolute Gasteiger partial charge is 0.325 e. The molecule has 1 aromatic rings. The summed E-state index contributed by atoms with van der Waals surface area (Å²) in [5.74, 6) is -0.730. The molecule has 2 N–H and O–H groups in total. The second-order valence-electron chi connectivity index (χ2n) is 6.19. The summed E-state index contributed by atoms with van der Waals surface area (Å²) in [5, 5.41) is 14.0. The Bertz CT molecular complexity index is 714. The standard InChI is InChI=1S/C17H18N4O3/c18-10-7-12-3-5-13(6-4-12)19-14(22)11-21-15(23)17(20-16(21)24)8-1-2-9-17/h3-6H,1-2,7-9,11H2,(H,19,22)(H,20,24). The summed E-state index contributed by atoms with van der Waals surface area (Å²) in [7, 11) is 0. The van der Waals surface area contributed by atoms with Gasteiger partial charge in [0.25, 0.3) is 5.91 Å². The Morgan fingerprint density at radius 1 is 1.25 bits per heavy atom. The van der Waals surface area contributed by atoms with Crippen molar-refractivity contribution in [3.8, 4) is 6.07 Å². The zero-order valence-electron chi connectivity index (χ0n) is 13.2. The summed E-state index contributed by atoms with van der Waals surface area (Å²) in [6.45, 7) is -0.299. The Kier molecular flexibility index (Phi) is 4.21. The minimum Gasteiger partial charge on any atom is -0.325 e. The van der Waals surface area contributed by atoms with Gasteiger partial charge in [0.2, 0.25) is 5.91 Å². The second kappa shape index (κ2) is 6.32. The molecule has 0 aromatic heterocycles. The first-order valence-corrected chi connectivity index (χ1v) is 7.94. The Balaban J connectivity index is 1.61. The molecule has 24 heavy (non-hydrogen) atoms. The van der Waals surface area contributed by atoms with Crippen LogP contribution < -0.4 is 10.6 Å². The van der Waals surface area contributed by atoms with E-state index < -0.39 is 17.5 Å². The molecule has 3 rings (SSSR count). The van der Waals surface area contributed by atoms with Crippen molar-refractivity contribution in [3.63, 3.8) is 0 Å². The number of urea groups is 1. The van der Waals surface area contributed by atoms with E-state index in [0.29, 0.717) is 24.9 Å². The number of hydrogen-bond donors (Lipinski definition) is 2. The van der Waals surface area contributed by atoms with E-state index in [1.54, 1.807) is 24.3 Å². The Hall–Kier alpha value is -2.88. The van der Waals surface area contributed by atoms with E-state index in [0.717, 1.165) is 23.3 Å². The molecule has 1 saturated carbocycles. The predicted molar refractivity (Wildman–Crippen MR) is 85.8 cm³/mol. The third kappa shape index (κ3) is 2.95. The number of nitrogens with zero attached hydrogens (tertiary/aromatic N) is 2. The van der Waals surface area contributed by atoms with Crippen molar-refractivity contribution in [1.29, 1.82) is 5.26 Å². The van der Waals surface area contributed by atoms with Gasteiger partial charge in [-0.3, -0.25) is 14.5 Å². The molecular formula is C17H18N4O3. The third-order valence-corrected chi connectivity index (χ3v) is 4.53. The summed E-state index contributed by atoms with van der Waals surface area (Å²) >= 11 is 0. The highest BCUT2D eigenvalue weighted by Crippen LogP contribution is 2.34. The van der Waals surface area contributed by atoms with Crippen LogP contribution in [0.4, 0.5) is 10.5 Å². The van der Waals surface area contributed by atoms with Crippen molar-refractivity contribution in [2.75, 3.05) is 11.9 Å². The first-order valence-electron chi connectivity index (χ1n) is 7.94. The van der Waals surface area contributed by atoms with Gasteiger partial charge in [0.15, 0.2) is 0 Å². The van der Waals surface area contributed by atoms with E-state index >= 15 is 0 Å². The lowest BCUT2D eigenvalue weighted by molar-refractivity contribution is -0.133. The van der Waals surface area contributed by atoms with Crippen molar-refractivity contribution >= 4 is 23.5 Å². The Morgan fingerprint density at radius 3 is 2.54 bits per heavy atom. The number of anilines is 1. The zero-order valence-corrected chi connectivity index (χ0v) is 13.2. The average molecular weight is 326 g/mol. The average Bonchev–Trinajstić information content (AvgIpc) is 3.11. The number of imide groups is 1. The molecule has 0 bridgehead atoms. The van der Waals surface area contributed by atoms with Crippen molar-refractivity contribution in [2.24, 2.45) is 0 Å². The maximum absolute atomic E-state index is 12.5. The van der Waals surface area contributed by atoms with Gasteiger partial charge < -0.3 is 10.6 Å². The minimum atomic E-state index is -0.795. The number of rotatable bonds is 4. The molecular weight excluding hydrogens is 308 g/mol. The van der Waals surface area contributed by atoms with Crippen LogP contribution in [0.5, 0.6) is 0 Å². The maximum atomic E-state index is 12.5. The van der Waals surface area contributed by atoms with E-state index in [-0.39, 0.29) is 12.5 Å². The van der Waals surface area contributed by atoms with Crippen LogP contribution in [0.2, 0.25) is 0 Å². The number of hydrogen-bond acceptors (Lipinski definition) is 4. The molecule has 0 atom stereocenters. The van der Waals surface area contributed by atoms with Crippen LogP contribution in [0.1, 0.15) is 31.2 Å². The molecule has 1 heterocycles. The normalized spacial score (nSPS) is 18.5. The quantitative estimate of drug-likeness (QED) is 0.820. The highest BCUT2D eigenvalue weighted by Gasteiger charge is 2.52. The summed E-state index contributed by atoms with van der Waals surface area (Å²) in [6.07, 6.45) is 3.38. The van der Waals surface area contributed by atoms with Crippen LogP contribution >= 0.6 is 0 Å². The molecule has 0 radical (unpaired) electrons. The molecule has 124 valence electrons. The second-order valence-corrected chi connectivity index (χ2v) is 6.19. The summed E-state index contributed by atoms with van der Waals surface area (Å²) in [6, 6.07) is 8.43. The molecule has 1 aliphatic heterocycles. The van der Waals surface area contributed by atoms with Crippen LogP contribution in [0, 0.1) is 11.3 Å². The molecule has 4 amide bonds. The van der Waals surface area contributed by atoms with Crippen molar-refractivity contribution in [2.45, 2.75) is 37.6 Å². The number of carbonyl (C=O) groups is 3. The van der Waals surface area contributed by atoms with Gasteiger partial charge in [0, 0.05) is 5.69 Å². The fourth-order valence-electron chi connectivity index (χ4n) is 3.28. The van der Waals surface area contributed by atoms with E-state index in [2.05, 4.69) is 16.7 Å². The van der Waals surface area contributed by atoms with Gasteiger partial charge in [-0.15, -0.1) is 0 Å². The van der Waals surface area contributed by atoms with E-state index in [1.807, 2.05) is 0 Å². The van der Waals surface area contributed by atoms with Crippen molar-refractivity contribution in [3.05, 3.63) is 29.8 Å². The number of amides is 4. The maximum Gasteiger partial charge on any atom is 0.325 e. The smallest absolute Gasteiger partial charge is 0.325 e. The third-order valence-electron chi connectivity index (χ3n) is 4.53. The van der Waals surface area contributed by atoms with Crippen molar-refractivity contribution in [1.82, 2.24) is 10.2 Å². The molecule has 1 saturated heterocycles. The van der Waals surface area contributed by atoms with Crippen LogP contribution in [-0.2, 0) is 16.0 Å². The number of nitrogens with one attached hydrogen (secondary N) is 2. The number of carbonyl (C=O) groups excluding carboxylic acids is 3. The predicted octanol–water partition coefficient (Wildman–Crippen LogP) is 1.56. The Labute approximate surface area is 139 Å². The number of benzene rings is 1. The molecule has 1 aromatic carbocycles. The van der Waals surface area contributed by atoms with Gasteiger partial charge in [-0.25, -0.2) is 4.79 Å². The lowest BCUT2D eigenvalue weighted by Crippen LogP contribution is -2.44. The monoisotopic (exact) mass is 326 g/mol. The highest BCUT2D eigenvalue weighted by molar-refractivity contribution is 6.10. The first kappa shape index (κ1) is 16.0. The zero-order chi connectivity index (χ0) is 17.2. The summed E-state index contributed by atoms with van der Waals surface area (Å²) in [4.78, 5) is 37.6. The molecule has 7 nitrogen and oxygen atoms in total. The first-order chi connectivity index (χ1) is 11.5. The lowest BCUT2D eigenvalue weighted by Gasteiger charge is -2.19. The molecule has 2 aliphatic rings. The molecule has 0 unspecified atom stereocenters. The van der Waals surface area contributed by atoms with Gasteiger partial charge >= 0.3 is 6.03 Å². The molecule has 2 fully saturated rings. The SMILES string of the molecule is N#CCc1ccc(NC(=O)CN2C(=O)NC3(CCCC3)C2=O)cc1. The fraction of sp³-hybridized carbons (Fsp3) is 0.412. The van der Waals surface area contributed by atoms with E-state index in [9.17, 15) is 14.4 Å². The van der Waals surface area contributed by atoms with Crippen LogP contribution in [0.3, 0.4) is 0 Å².